The molecule has 1 aromatic rings. The highest BCUT2D eigenvalue weighted by molar-refractivity contribution is 6.05. The topological polar surface area (TPSA) is 76.0 Å². The molecule has 1 atom stereocenters. The lowest BCUT2D eigenvalue weighted by atomic mass is 10.2. The van der Waals surface area contributed by atoms with Crippen LogP contribution < -0.4 is 10.6 Å². The number of carbonyl (C=O) groups excluding carboxylic acids is 2. The molecule has 2 amide bonds. The van der Waals surface area contributed by atoms with Crippen molar-refractivity contribution in [1.82, 2.24) is 20.2 Å². The average Bonchev–Trinajstić information content (AvgIpc) is 2.70. The van der Waals surface area contributed by atoms with E-state index in [1.165, 1.54) is 0 Å². The number of imidazole rings is 1. The Bertz CT molecular complexity index is 399. The number of hydrogen-bond acceptors (Lipinski definition) is 4. The zero-order valence-corrected chi connectivity index (χ0v) is 8.36. The molecule has 15 heavy (non-hydrogen) atoms. The van der Waals surface area contributed by atoms with E-state index < -0.39 is 6.04 Å². The van der Waals surface area contributed by atoms with Gasteiger partial charge in [-0.2, -0.15) is 0 Å². The summed E-state index contributed by atoms with van der Waals surface area (Å²) in [5.74, 6) is 0.355. The summed E-state index contributed by atoms with van der Waals surface area (Å²) in [5.41, 5.74) is 0. The van der Waals surface area contributed by atoms with E-state index in [1.807, 2.05) is 17.8 Å². The largest absolute Gasteiger partial charge is 0.337 e. The van der Waals surface area contributed by atoms with Gasteiger partial charge in [0, 0.05) is 19.4 Å². The smallest absolute Gasteiger partial charge is 0.244 e. The zero-order valence-electron chi connectivity index (χ0n) is 8.36. The van der Waals surface area contributed by atoms with Gasteiger partial charge in [-0.3, -0.25) is 20.2 Å². The minimum absolute atomic E-state index is 0.212. The molecule has 1 saturated heterocycles. The summed E-state index contributed by atoms with van der Waals surface area (Å²) >= 11 is 0. The summed E-state index contributed by atoms with van der Waals surface area (Å²) in [6.07, 6.45) is 3.73. The third-order valence-electron chi connectivity index (χ3n) is 2.40. The summed E-state index contributed by atoms with van der Waals surface area (Å²) in [4.78, 5) is 26.2. The fourth-order valence-electron chi connectivity index (χ4n) is 1.50. The molecule has 0 aromatic carbocycles. The minimum Gasteiger partial charge on any atom is -0.337 e. The highest BCUT2D eigenvalue weighted by Crippen LogP contribution is 2.02. The lowest BCUT2D eigenvalue weighted by molar-refractivity contribution is -0.125. The van der Waals surface area contributed by atoms with Crippen molar-refractivity contribution < 1.29 is 9.59 Å². The van der Waals surface area contributed by atoms with E-state index in [0.717, 1.165) is 5.82 Å². The molecule has 2 heterocycles. The minimum atomic E-state index is -0.422. The third kappa shape index (κ3) is 2.04. The molecule has 6 heteroatoms. The van der Waals surface area contributed by atoms with E-state index in [4.69, 9.17) is 0 Å². The molecular formula is C9H12N4O2. The molecule has 2 N–H and O–H groups in total. The summed E-state index contributed by atoms with van der Waals surface area (Å²) in [7, 11) is 1.88. The molecule has 1 aliphatic heterocycles. The van der Waals surface area contributed by atoms with Crippen LogP contribution in [0, 0.1) is 0 Å². The van der Waals surface area contributed by atoms with Crippen LogP contribution in [0.1, 0.15) is 12.2 Å². The van der Waals surface area contributed by atoms with Crippen LogP contribution in [-0.4, -0.2) is 27.4 Å². The summed E-state index contributed by atoms with van der Waals surface area (Å²) in [5, 5.41) is 5.23. The van der Waals surface area contributed by atoms with Crippen molar-refractivity contribution in [3.8, 4) is 0 Å². The van der Waals surface area contributed by atoms with Crippen molar-refractivity contribution in [2.75, 3.05) is 0 Å². The predicted molar refractivity (Wildman–Crippen MR) is 51.6 cm³/mol. The molecule has 1 fully saturated rings. The first-order valence-corrected chi connectivity index (χ1v) is 4.70. The Morgan fingerprint density at radius 2 is 2.47 bits per heavy atom. The maximum atomic E-state index is 11.2. The number of hydrogen-bond donors (Lipinski definition) is 2. The van der Waals surface area contributed by atoms with E-state index in [-0.39, 0.29) is 18.2 Å². The van der Waals surface area contributed by atoms with Crippen LogP contribution in [0.25, 0.3) is 0 Å². The molecule has 1 aliphatic rings. The number of imide groups is 1. The van der Waals surface area contributed by atoms with Crippen molar-refractivity contribution in [2.24, 2.45) is 7.05 Å². The molecule has 0 saturated carbocycles. The molecule has 1 aromatic heterocycles. The van der Waals surface area contributed by atoms with Crippen LogP contribution in [0.15, 0.2) is 12.4 Å². The second kappa shape index (κ2) is 3.82. The zero-order chi connectivity index (χ0) is 10.8. The van der Waals surface area contributed by atoms with Gasteiger partial charge in [0.2, 0.25) is 11.8 Å². The van der Waals surface area contributed by atoms with Crippen LogP contribution in [-0.2, 0) is 23.2 Å². The number of carbonyl (C=O) groups is 2. The summed E-state index contributed by atoms with van der Waals surface area (Å²) < 4.78 is 1.86. The molecular weight excluding hydrogens is 196 g/mol. The van der Waals surface area contributed by atoms with Crippen LogP contribution in [0.4, 0.5) is 0 Å². The molecule has 80 valence electrons. The van der Waals surface area contributed by atoms with E-state index >= 15 is 0 Å². The second-order valence-corrected chi connectivity index (χ2v) is 3.50. The van der Waals surface area contributed by atoms with Gasteiger partial charge < -0.3 is 4.57 Å². The molecule has 0 unspecified atom stereocenters. The van der Waals surface area contributed by atoms with Gasteiger partial charge in [0.1, 0.15) is 5.82 Å². The monoisotopic (exact) mass is 208 g/mol. The molecule has 0 radical (unpaired) electrons. The van der Waals surface area contributed by atoms with Gasteiger partial charge in [-0.05, 0) is 0 Å². The standard InChI is InChI=1S/C9H12N4O2/c1-13-3-2-10-7(13)5-11-6-4-8(14)12-9(6)15/h2-3,6,11H,4-5H2,1H3,(H,12,14,15)/t6-/m0/s1. The Morgan fingerprint density at radius 1 is 1.67 bits per heavy atom. The van der Waals surface area contributed by atoms with Crippen LogP contribution in [0.3, 0.4) is 0 Å². The first kappa shape index (κ1) is 9.85. The number of aryl methyl sites for hydroxylation is 1. The molecule has 2 rings (SSSR count). The van der Waals surface area contributed by atoms with E-state index in [2.05, 4.69) is 15.6 Å². The number of rotatable bonds is 3. The van der Waals surface area contributed by atoms with E-state index in [1.54, 1.807) is 6.20 Å². The van der Waals surface area contributed by atoms with E-state index in [9.17, 15) is 9.59 Å². The fourth-order valence-corrected chi connectivity index (χ4v) is 1.50. The van der Waals surface area contributed by atoms with Gasteiger partial charge in [0.05, 0.1) is 19.0 Å². The Balaban J connectivity index is 1.91. The molecule has 6 nitrogen and oxygen atoms in total. The maximum absolute atomic E-state index is 11.2. The first-order valence-electron chi connectivity index (χ1n) is 4.70. The maximum Gasteiger partial charge on any atom is 0.244 e. The summed E-state index contributed by atoms with van der Waals surface area (Å²) in [6.45, 7) is 0.481. The van der Waals surface area contributed by atoms with Crippen molar-refractivity contribution in [3.63, 3.8) is 0 Å². The quantitative estimate of drug-likeness (QED) is 0.620. The Labute approximate surface area is 86.7 Å². The number of aromatic nitrogens is 2. The van der Waals surface area contributed by atoms with Crippen molar-refractivity contribution >= 4 is 11.8 Å². The fraction of sp³-hybridized carbons (Fsp3) is 0.444. The third-order valence-corrected chi connectivity index (χ3v) is 2.40. The van der Waals surface area contributed by atoms with Crippen LogP contribution in [0.2, 0.25) is 0 Å². The van der Waals surface area contributed by atoms with Gasteiger partial charge in [-0.15, -0.1) is 0 Å². The van der Waals surface area contributed by atoms with Gasteiger partial charge in [-0.1, -0.05) is 0 Å². The molecule has 0 bridgehead atoms. The Hall–Kier alpha value is -1.69. The predicted octanol–water partition coefficient (Wildman–Crippen LogP) is -1.08. The van der Waals surface area contributed by atoms with Gasteiger partial charge in [0.25, 0.3) is 0 Å². The van der Waals surface area contributed by atoms with Crippen LogP contribution in [0.5, 0.6) is 0 Å². The van der Waals surface area contributed by atoms with Crippen molar-refractivity contribution in [2.45, 2.75) is 19.0 Å². The van der Waals surface area contributed by atoms with Crippen molar-refractivity contribution in [3.05, 3.63) is 18.2 Å². The van der Waals surface area contributed by atoms with Gasteiger partial charge >= 0.3 is 0 Å². The number of nitrogens with one attached hydrogen (secondary N) is 2. The second-order valence-electron chi connectivity index (χ2n) is 3.50. The van der Waals surface area contributed by atoms with Gasteiger partial charge in [-0.25, -0.2) is 4.98 Å². The summed E-state index contributed by atoms with van der Waals surface area (Å²) in [6, 6.07) is -0.422. The highest BCUT2D eigenvalue weighted by atomic mass is 16.2. The first-order chi connectivity index (χ1) is 7.16. The van der Waals surface area contributed by atoms with Gasteiger partial charge in [0.15, 0.2) is 0 Å². The Morgan fingerprint density at radius 3 is 3.00 bits per heavy atom. The lowest BCUT2D eigenvalue weighted by Crippen LogP contribution is -2.36. The molecule has 0 aliphatic carbocycles. The van der Waals surface area contributed by atoms with Crippen LogP contribution >= 0.6 is 0 Å². The SMILES string of the molecule is Cn1ccnc1CN[C@H]1CC(=O)NC1=O. The lowest BCUT2D eigenvalue weighted by Gasteiger charge is -2.08. The average molecular weight is 208 g/mol. The number of amides is 2. The molecule has 0 spiro atoms. The normalized spacial score (nSPS) is 20.7. The highest BCUT2D eigenvalue weighted by Gasteiger charge is 2.29. The van der Waals surface area contributed by atoms with Crippen molar-refractivity contribution in [1.29, 1.82) is 0 Å². The number of nitrogens with zero attached hydrogens (tertiary/aromatic N) is 2. The van der Waals surface area contributed by atoms with E-state index in [0.29, 0.717) is 6.54 Å². The Kier molecular flexibility index (Phi) is 2.51.